The van der Waals surface area contributed by atoms with Crippen LogP contribution in [0.5, 0.6) is 0 Å². The number of rotatable bonds is 11. The van der Waals surface area contributed by atoms with Crippen LogP contribution in [0.25, 0.3) is 11.1 Å². The van der Waals surface area contributed by atoms with Gasteiger partial charge in [0, 0.05) is 5.92 Å². The molecule has 0 aliphatic heterocycles. The first-order valence-corrected chi connectivity index (χ1v) is 11.7. The fourth-order valence-corrected chi connectivity index (χ4v) is 4.18. The number of ether oxygens (including phenoxy) is 2. The van der Waals surface area contributed by atoms with Crippen molar-refractivity contribution < 1.29 is 29.0 Å². The minimum absolute atomic E-state index is 0.0186. The molecule has 35 heavy (non-hydrogen) atoms. The van der Waals surface area contributed by atoms with E-state index in [9.17, 15) is 19.5 Å². The van der Waals surface area contributed by atoms with Crippen LogP contribution in [0.2, 0.25) is 0 Å². The minimum atomic E-state index is -1.28. The molecule has 186 valence electrons. The number of fused-ring (bicyclic) bond motifs is 3. The molecule has 8 nitrogen and oxygen atoms in total. The standard InChI is InChI=1S/C27H32N2O6/c1-4-13-34-26(32)23(14-17(2)3)28-25(31)24(15-30)29-27(33)35-16-22-20-11-7-5-9-18(20)19-10-6-8-12-21(19)22/h4-12,17,22-24,30H,1,13-16H2,2-3H3,(H,28,31)(H,29,33)/t23-,24-/m0/s1. The lowest BCUT2D eigenvalue weighted by molar-refractivity contribution is -0.147. The highest BCUT2D eigenvalue weighted by Gasteiger charge is 2.31. The fraction of sp³-hybridized carbons (Fsp3) is 0.370. The SMILES string of the molecule is C=CCOC(=O)[C@H](CC(C)C)NC(=O)[C@H](CO)NC(=O)OCC1c2ccccc2-c2ccccc21. The molecule has 2 aromatic carbocycles. The highest BCUT2D eigenvalue weighted by atomic mass is 16.5. The Morgan fingerprint density at radius 2 is 1.57 bits per heavy atom. The summed E-state index contributed by atoms with van der Waals surface area (Å²) in [5.41, 5.74) is 4.33. The Morgan fingerprint density at radius 3 is 2.11 bits per heavy atom. The number of esters is 1. The fourth-order valence-electron chi connectivity index (χ4n) is 4.18. The molecule has 2 atom stereocenters. The molecule has 0 bridgehead atoms. The smallest absolute Gasteiger partial charge is 0.407 e. The third-order valence-electron chi connectivity index (χ3n) is 5.79. The Balaban J connectivity index is 1.61. The molecule has 8 heteroatoms. The number of carbonyl (C=O) groups excluding carboxylic acids is 3. The maximum Gasteiger partial charge on any atom is 0.407 e. The summed E-state index contributed by atoms with van der Waals surface area (Å²) in [7, 11) is 0. The van der Waals surface area contributed by atoms with E-state index in [2.05, 4.69) is 17.2 Å². The van der Waals surface area contributed by atoms with E-state index >= 15 is 0 Å². The van der Waals surface area contributed by atoms with E-state index in [4.69, 9.17) is 9.47 Å². The summed E-state index contributed by atoms with van der Waals surface area (Å²) in [5.74, 6) is -1.35. The molecule has 2 aromatic rings. The molecule has 3 N–H and O–H groups in total. The van der Waals surface area contributed by atoms with E-state index in [1.54, 1.807) is 0 Å². The average Bonchev–Trinajstić information content (AvgIpc) is 3.17. The normalized spacial score (nSPS) is 13.8. The number of alkyl carbamates (subject to hydrolysis) is 1. The number of hydrogen-bond acceptors (Lipinski definition) is 6. The monoisotopic (exact) mass is 480 g/mol. The predicted molar refractivity (Wildman–Crippen MR) is 132 cm³/mol. The van der Waals surface area contributed by atoms with Gasteiger partial charge in [-0.3, -0.25) is 4.79 Å². The van der Waals surface area contributed by atoms with Crippen LogP contribution in [0, 0.1) is 5.92 Å². The molecule has 0 saturated heterocycles. The van der Waals surface area contributed by atoms with Crippen LogP contribution in [-0.2, 0) is 19.1 Å². The van der Waals surface area contributed by atoms with Crippen molar-refractivity contribution in [1.82, 2.24) is 10.6 Å². The maximum atomic E-state index is 12.7. The zero-order valence-electron chi connectivity index (χ0n) is 20.0. The second-order valence-corrected chi connectivity index (χ2v) is 8.81. The van der Waals surface area contributed by atoms with Gasteiger partial charge in [0.25, 0.3) is 0 Å². The molecule has 3 rings (SSSR count). The Hall–Kier alpha value is -3.65. The van der Waals surface area contributed by atoms with Crippen LogP contribution in [0.15, 0.2) is 61.2 Å². The first-order chi connectivity index (χ1) is 16.8. The van der Waals surface area contributed by atoms with Crippen molar-refractivity contribution in [3.63, 3.8) is 0 Å². The maximum absolute atomic E-state index is 12.7. The third kappa shape index (κ3) is 6.48. The van der Waals surface area contributed by atoms with Gasteiger partial charge in [-0.05, 0) is 34.6 Å². The minimum Gasteiger partial charge on any atom is -0.460 e. The van der Waals surface area contributed by atoms with Crippen molar-refractivity contribution in [3.05, 3.63) is 72.3 Å². The van der Waals surface area contributed by atoms with Crippen molar-refractivity contribution in [1.29, 1.82) is 0 Å². The quantitative estimate of drug-likeness (QED) is 0.336. The summed E-state index contributed by atoms with van der Waals surface area (Å²) in [6.45, 7) is 6.73. The van der Waals surface area contributed by atoms with Crippen molar-refractivity contribution in [2.45, 2.75) is 38.3 Å². The summed E-state index contributed by atoms with van der Waals surface area (Å²) in [6, 6.07) is 13.7. The summed E-state index contributed by atoms with van der Waals surface area (Å²) in [4.78, 5) is 37.5. The Morgan fingerprint density at radius 1 is 0.971 bits per heavy atom. The third-order valence-corrected chi connectivity index (χ3v) is 5.79. The van der Waals surface area contributed by atoms with E-state index in [0.29, 0.717) is 6.42 Å². The molecule has 0 fully saturated rings. The van der Waals surface area contributed by atoms with E-state index < -0.39 is 36.7 Å². The highest BCUT2D eigenvalue weighted by molar-refractivity contribution is 5.89. The van der Waals surface area contributed by atoms with Crippen molar-refractivity contribution in [2.75, 3.05) is 19.8 Å². The number of carbonyl (C=O) groups is 3. The van der Waals surface area contributed by atoms with E-state index in [1.807, 2.05) is 62.4 Å². The number of nitrogens with one attached hydrogen (secondary N) is 2. The molecule has 2 amide bonds. The van der Waals surface area contributed by atoms with Crippen molar-refractivity contribution >= 4 is 18.0 Å². The van der Waals surface area contributed by atoms with Crippen LogP contribution in [0.4, 0.5) is 4.79 Å². The predicted octanol–water partition coefficient (Wildman–Crippen LogP) is 3.15. The summed E-state index contributed by atoms with van der Waals surface area (Å²) < 4.78 is 10.5. The molecule has 0 heterocycles. The van der Waals surface area contributed by atoms with Gasteiger partial charge >= 0.3 is 12.1 Å². The first kappa shape index (κ1) is 26.0. The molecule has 1 aliphatic rings. The Bertz CT molecular complexity index is 1020. The lowest BCUT2D eigenvalue weighted by atomic mass is 9.98. The molecule has 0 aromatic heterocycles. The van der Waals surface area contributed by atoms with E-state index in [1.165, 1.54) is 6.08 Å². The van der Waals surface area contributed by atoms with E-state index in [0.717, 1.165) is 22.3 Å². The van der Waals surface area contributed by atoms with Crippen LogP contribution in [0.3, 0.4) is 0 Å². The molecular weight excluding hydrogens is 448 g/mol. The molecule has 0 unspecified atom stereocenters. The second-order valence-electron chi connectivity index (χ2n) is 8.81. The van der Waals surface area contributed by atoms with E-state index in [-0.39, 0.29) is 25.0 Å². The van der Waals surface area contributed by atoms with Gasteiger partial charge in [-0.1, -0.05) is 75.0 Å². The lowest BCUT2D eigenvalue weighted by Gasteiger charge is -2.22. The van der Waals surface area contributed by atoms with Crippen molar-refractivity contribution in [2.24, 2.45) is 5.92 Å². The van der Waals surface area contributed by atoms with Gasteiger partial charge in [-0.15, -0.1) is 0 Å². The Kier molecular flexibility index (Phi) is 9.03. The van der Waals surface area contributed by atoms with Crippen molar-refractivity contribution in [3.8, 4) is 11.1 Å². The second kappa shape index (κ2) is 12.2. The van der Waals surface area contributed by atoms with Crippen LogP contribution >= 0.6 is 0 Å². The van der Waals surface area contributed by atoms with Gasteiger partial charge in [0.05, 0.1) is 6.61 Å². The molecular formula is C27H32N2O6. The lowest BCUT2D eigenvalue weighted by Crippen LogP contribution is -2.53. The Labute approximate surface area is 205 Å². The average molecular weight is 481 g/mol. The van der Waals surface area contributed by atoms with Gasteiger partial charge in [-0.2, -0.15) is 0 Å². The zero-order valence-corrected chi connectivity index (χ0v) is 20.0. The van der Waals surface area contributed by atoms with Crippen LogP contribution in [0.1, 0.15) is 37.3 Å². The topological polar surface area (TPSA) is 114 Å². The van der Waals surface area contributed by atoms with Gasteiger partial charge in [0.2, 0.25) is 5.91 Å². The first-order valence-electron chi connectivity index (χ1n) is 11.7. The number of hydrogen-bond donors (Lipinski definition) is 3. The number of amides is 2. The van der Waals surface area contributed by atoms with Gasteiger partial charge < -0.3 is 25.2 Å². The highest BCUT2D eigenvalue weighted by Crippen LogP contribution is 2.44. The van der Waals surface area contributed by atoms with Crippen LogP contribution in [-0.4, -0.2) is 55.0 Å². The summed E-state index contributed by atoms with van der Waals surface area (Å²) >= 11 is 0. The molecule has 0 saturated carbocycles. The molecule has 0 radical (unpaired) electrons. The van der Waals surface area contributed by atoms with Gasteiger partial charge in [0.1, 0.15) is 25.3 Å². The number of aliphatic hydroxyl groups is 1. The summed E-state index contributed by atoms with van der Waals surface area (Å²) in [6.07, 6.45) is 0.933. The zero-order chi connectivity index (χ0) is 25.4. The summed E-state index contributed by atoms with van der Waals surface area (Å²) in [5, 5.41) is 14.6. The molecule has 1 aliphatic carbocycles. The number of aliphatic hydroxyl groups excluding tert-OH is 1. The molecule has 0 spiro atoms. The van der Waals surface area contributed by atoms with Gasteiger partial charge in [-0.25, -0.2) is 9.59 Å². The van der Waals surface area contributed by atoms with Gasteiger partial charge in [0.15, 0.2) is 0 Å². The number of benzene rings is 2. The van der Waals surface area contributed by atoms with Crippen LogP contribution < -0.4 is 10.6 Å². The largest absolute Gasteiger partial charge is 0.460 e.